The summed E-state index contributed by atoms with van der Waals surface area (Å²) in [6.45, 7) is 22.0. The van der Waals surface area contributed by atoms with Gasteiger partial charge in [-0.05, 0) is 222 Å². The molecule has 0 bridgehead atoms. The first kappa shape index (κ1) is 67.3. The van der Waals surface area contributed by atoms with Gasteiger partial charge in [0.15, 0.2) is 0 Å². The minimum absolute atomic E-state index is 0.0652. The molecular weight excluding hydrogens is 1190 g/mol. The second-order valence-electron chi connectivity index (χ2n) is 22.6. The predicted molar refractivity (Wildman–Crippen MR) is 346 cm³/mol. The quantitative estimate of drug-likeness (QED) is 0.0278. The number of anilines is 4. The van der Waals surface area contributed by atoms with E-state index >= 15 is 0 Å². The summed E-state index contributed by atoms with van der Waals surface area (Å²) in [5, 5.41) is 5.85. The van der Waals surface area contributed by atoms with Gasteiger partial charge in [0, 0.05) is 87.9 Å². The Morgan fingerprint density at radius 1 is 0.433 bits per heavy atom. The summed E-state index contributed by atoms with van der Waals surface area (Å²) in [5.41, 5.74) is 15.2. The fraction of sp³-hybridized carbons (Fsp3) is 0.279. The predicted octanol–water partition coefficient (Wildman–Crippen LogP) is 16.5. The normalized spacial score (nSPS) is 12.1. The summed E-state index contributed by atoms with van der Waals surface area (Å²) in [7, 11) is -8.02. The Hall–Kier alpha value is -8.59. The van der Waals surface area contributed by atoms with E-state index < -0.39 is 41.7 Å². The van der Waals surface area contributed by atoms with Crippen LogP contribution in [0.25, 0.3) is 33.6 Å². The Morgan fingerprint density at radius 3 is 1.18 bits per heavy atom. The third-order valence-corrected chi connectivity index (χ3v) is 18.2. The van der Waals surface area contributed by atoms with Gasteiger partial charge < -0.3 is 67.0 Å². The highest BCUT2D eigenvalue weighted by Gasteiger charge is 2.53. The van der Waals surface area contributed by atoms with E-state index in [1.165, 1.54) is 12.1 Å². The van der Waals surface area contributed by atoms with Crippen LogP contribution in [0.15, 0.2) is 170 Å². The molecule has 0 unspecified atom stereocenters. The highest BCUT2D eigenvalue weighted by Crippen LogP contribution is 2.43. The lowest BCUT2D eigenvalue weighted by Gasteiger charge is -2.33. The lowest BCUT2D eigenvalue weighted by molar-refractivity contribution is -0.137. The van der Waals surface area contributed by atoms with Crippen molar-refractivity contribution in [1.29, 1.82) is 0 Å². The molecule has 17 nitrogen and oxygen atoms in total. The zero-order valence-corrected chi connectivity index (χ0v) is 54.3. The molecule has 22 heteroatoms. The number of carbonyl (C=O) groups is 2. The van der Waals surface area contributed by atoms with E-state index in [1.807, 2.05) is 83.1 Å². The molecule has 0 saturated heterocycles. The molecule has 0 aliphatic rings. The second-order valence-corrected chi connectivity index (χ2v) is 26.4. The third-order valence-electron chi connectivity index (χ3n) is 12.7. The first-order chi connectivity index (χ1) is 42.6. The van der Waals surface area contributed by atoms with E-state index in [2.05, 4.69) is 10.6 Å². The van der Waals surface area contributed by atoms with Crippen LogP contribution in [0.2, 0.25) is 0 Å². The van der Waals surface area contributed by atoms with Gasteiger partial charge in [0.05, 0.1) is 28.3 Å². The summed E-state index contributed by atoms with van der Waals surface area (Å²) >= 11 is 0. The maximum Gasteiger partial charge on any atom is 0.750 e. The van der Waals surface area contributed by atoms with Gasteiger partial charge in [0.2, 0.25) is 0 Å². The Bertz CT molecular complexity index is 3670. The van der Waals surface area contributed by atoms with Crippen molar-refractivity contribution in [1.82, 2.24) is 4.98 Å². The summed E-state index contributed by atoms with van der Waals surface area (Å²) < 4.78 is 108. The highest BCUT2D eigenvalue weighted by molar-refractivity contribution is 6.55. The van der Waals surface area contributed by atoms with Gasteiger partial charge in [0.25, 0.3) is 11.8 Å². The van der Waals surface area contributed by atoms with Crippen LogP contribution in [0.5, 0.6) is 34.5 Å². The number of nitrogens with two attached hydrogens (primary N) is 2. The van der Waals surface area contributed by atoms with Crippen LogP contribution in [0.4, 0.5) is 35.9 Å². The standard InChI is InChI=1S/C68H76F3N5O12Si2/c1-41(2)81-89(82-42(3)4,83-43(5)6)87-63-39-55(33-36-61(63)75-66(77)49-17-25-51(72)26-18-49)79-53-29-21-47(22-30-53)60-38-35-58(57-15-13-14-16-59(57)68(69,70)71)65(74-60)48-23-31-54(32-24-48)80-56-34-37-62(76-67(78)50-19-27-52(73)28-20-50)64(40-56)88-90(84-44(7)8,85-45(9)10)86-46(11)12/h13-46H,72-73H2,1-12H3,(H,75,77)(H,76,78). The van der Waals surface area contributed by atoms with Crippen molar-refractivity contribution in [2.24, 2.45) is 0 Å². The van der Waals surface area contributed by atoms with E-state index in [4.69, 9.17) is 61.3 Å². The van der Waals surface area contributed by atoms with Gasteiger partial charge in [-0.2, -0.15) is 13.2 Å². The number of aromatic nitrogens is 1. The smallest absolute Gasteiger partial charge is 0.478 e. The molecule has 90 heavy (non-hydrogen) atoms. The van der Waals surface area contributed by atoms with Crippen LogP contribution in [0.3, 0.4) is 0 Å². The molecule has 7 aromatic carbocycles. The van der Waals surface area contributed by atoms with Crippen molar-refractivity contribution in [3.8, 4) is 68.1 Å². The van der Waals surface area contributed by atoms with E-state index in [1.54, 1.807) is 152 Å². The topological polar surface area (TPSA) is 215 Å². The van der Waals surface area contributed by atoms with Crippen LogP contribution in [-0.2, 0) is 32.7 Å². The number of amides is 2. The van der Waals surface area contributed by atoms with Gasteiger partial charge in [-0.1, -0.05) is 24.3 Å². The minimum atomic E-state index is -4.68. The van der Waals surface area contributed by atoms with Crippen LogP contribution in [-0.4, -0.2) is 71.5 Å². The first-order valence-corrected chi connectivity index (χ1v) is 32.7. The number of halogens is 3. The molecule has 0 aliphatic heterocycles. The Morgan fingerprint density at radius 2 is 0.800 bits per heavy atom. The van der Waals surface area contributed by atoms with E-state index in [0.29, 0.717) is 56.6 Å². The molecule has 8 aromatic rings. The van der Waals surface area contributed by atoms with Crippen molar-refractivity contribution in [2.45, 2.75) is 126 Å². The number of hydrogen-bond acceptors (Lipinski definition) is 15. The van der Waals surface area contributed by atoms with Gasteiger partial charge in [-0.3, -0.25) is 9.59 Å². The molecule has 6 N–H and O–H groups in total. The Labute approximate surface area is 525 Å². The molecule has 0 radical (unpaired) electrons. The third kappa shape index (κ3) is 18.3. The monoisotopic (exact) mass is 1270 g/mol. The molecule has 0 fully saturated rings. The summed E-state index contributed by atoms with van der Waals surface area (Å²) in [4.78, 5) is 32.3. The zero-order chi connectivity index (χ0) is 65.1. The van der Waals surface area contributed by atoms with Gasteiger partial charge in [-0.15, -0.1) is 0 Å². The minimum Gasteiger partial charge on any atom is -0.478 e. The van der Waals surface area contributed by atoms with Crippen molar-refractivity contribution in [2.75, 3.05) is 22.1 Å². The average molecular weight is 1270 g/mol. The van der Waals surface area contributed by atoms with Crippen LogP contribution in [0.1, 0.15) is 109 Å². The van der Waals surface area contributed by atoms with E-state index in [9.17, 15) is 22.8 Å². The molecule has 2 amide bonds. The van der Waals surface area contributed by atoms with Crippen molar-refractivity contribution in [3.05, 3.63) is 187 Å². The number of nitrogens with one attached hydrogen (secondary N) is 2. The number of hydrogen-bond donors (Lipinski definition) is 4. The molecule has 0 saturated carbocycles. The summed E-state index contributed by atoms with van der Waals surface area (Å²) in [5.74, 6) is 0.778. The van der Waals surface area contributed by atoms with Crippen molar-refractivity contribution < 1.29 is 67.6 Å². The molecular formula is C68H76F3N5O12Si2. The number of benzene rings is 7. The van der Waals surface area contributed by atoms with Gasteiger partial charge >= 0.3 is 24.3 Å². The average Bonchev–Trinajstić information content (AvgIpc) is 0.853. The summed E-state index contributed by atoms with van der Waals surface area (Å²) in [6.07, 6.45) is -6.94. The Balaban J connectivity index is 1.12. The largest absolute Gasteiger partial charge is 0.750 e. The van der Waals surface area contributed by atoms with Crippen molar-refractivity contribution >= 4 is 52.7 Å². The van der Waals surface area contributed by atoms with Crippen LogP contribution < -0.4 is 40.4 Å². The number of alkyl halides is 3. The van der Waals surface area contributed by atoms with Crippen molar-refractivity contribution in [3.63, 3.8) is 0 Å². The second kappa shape index (κ2) is 29.4. The molecule has 8 rings (SSSR count). The fourth-order valence-electron chi connectivity index (χ4n) is 9.15. The van der Waals surface area contributed by atoms with Crippen LogP contribution >= 0.6 is 0 Å². The van der Waals surface area contributed by atoms with E-state index in [-0.39, 0.29) is 82.1 Å². The van der Waals surface area contributed by atoms with Gasteiger partial charge in [-0.25, -0.2) is 4.98 Å². The SMILES string of the molecule is CC(C)O[Si](Oc1cc(Oc2ccc(-c3ccc(-c4ccccc4C(F)(F)F)c(-c4ccc(Oc5ccc(NC(=O)c6ccc(N)cc6)c(O[Si](OC(C)C)(OC(C)C)OC(C)C)c5)cc4)n3)cc2)ccc1NC(=O)c1ccc(N)cc1)(OC(C)C)OC(C)C. The first-order valence-electron chi connectivity index (χ1n) is 29.4. The maximum absolute atomic E-state index is 14.8. The lowest BCUT2D eigenvalue weighted by atomic mass is 9.94. The lowest BCUT2D eigenvalue weighted by Crippen LogP contribution is -2.56. The molecule has 0 atom stereocenters. The molecule has 474 valence electrons. The highest BCUT2D eigenvalue weighted by atomic mass is 28.4. The fourth-order valence-corrected chi connectivity index (χ4v) is 14.1. The Kier molecular flexibility index (Phi) is 22.0. The maximum atomic E-state index is 14.8. The van der Waals surface area contributed by atoms with Gasteiger partial charge in [0.1, 0.15) is 34.5 Å². The number of ether oxygens (including phenoxy) is 2. The number of pyridine rings is 1. The van der Waals surface area contributed by atoms with Crippen LogP contribution in [0, 0.1) is 0 Å². The zero-order valence-electron chi connectivity index (χ0n) is 52.3. The number of nitrogens with zero attached hydrogens (tertiary/aromatic N) is 1. The summed E-state index contributed by atoms with van der Waals surface area (Å²) in [6, 6.07) is 45.0. The molecule has 1 heterocycles. The number of nitrogen functional groups attached to an aromatic ring is 2. The number of carbonyl (C=O) groups excluding carboxylic acids is 2. The molecule has 0 spiro atoms. The van der Waals surface area contributed by atoms with E-state index in [0.717, 1.165) is 6.07 Å². The number of rotatable bonds is 27. The molecule has 1 aromatic heterocycles. The molecule has 0 aliphatic carbocycles.